The van der Waals surface area contributed by atoms with Crippen LogP contribution in [-0.2, 0) is 13.0 Å². The van der Waals surface area contributed by atoms with E-state index in [0.717, 1.165) is 78.0 Å². The number of nitrogens with two attached hydrogens (primary N) is 1. The number of aryl methyl sites for hydroxylation is 3. The fourth-order valence-corrected chi connectivity index (χ4v) is 6.55. The van der Waals surface area contributed by atoms with E-state index in [2.05, 4.69) is 91.0 Å². The quantitative estimate of drug-likeness (QED) is 0.314. The number of nitrogens with one attached hydrogen (secondary N) is 2. The predicted octanol–water partition coefficient (Wildman–Crippen LogP) is 4.45. The molecule has 0 aliphatic carbocycles. The first-order valence-corrected chi connectivity index (χ1v) is 16.1. The first-order valence-electron chi connectivity index (χ1n) is 16.1. The number of amides is 1. The van der Waals surface area contributed by atoms with Crippen LogP contribution in [0.4, 0.5) is 0 Å². The summed E-state index contributed by atoms with van der Waals surface area (Å²) in [4.78, 5) is 32.0. The third-order valence-corrected chi connectivity index (χ3v) is 9.15. The second kappa shape index (κ2) is 12.9. The summed E-state index contributed by atoms with van der Waals surface area (Å²) in [6, 6.07) is 6.97. The van der Waals surface area contributed by atoms with Gasteiger partial charge in [-0.25, -0.2) is 4.68 Å². The Labute approximate surface area is 261 Å². The molecule has 44 heavy (non-hydrogen) atoms. The van der Waals surface area contributed by atoms with Crippen molar-refractivity contribution in [1.29, 1.82) is 0 Å². The zero-order valence-corrected chi connectivity index (χ0v) is 27.5. The molecule has 1 amide bonds. The van der Waals surface area contributed by atoms with Gasteiger partial charge in [0.2, 0.25) is 0 Å². The number of piperazine rings is 1. The molecule has 0 radical (unpaired) electrons. The standard InChI is InChI=1S/C35H49N7O2/c1-8-9-26-16-25(7)42(36)35(44)30(26)20-38-34(43)29-17-28(18-31-33(29)24(6)21-41(31)23(4)5)27-10-11-32(37-19-27)40-14-12-39(13-15-40)22(2)3/h10-11,16-18,21-23,37H,8-9,12-15,19-20,36H2,1-7H3,(H,38,43). The summed E-state index contributed by atoms with van der Waals surface area (Å²) >= 11 is 0. The van der Waals surface area contributed by atoms with E-state index in [1.165, 1.54) is 4.68 Å². The molecule has 2 aliphatic heterocycles. The van der Waals surface area contributed by atoms with E-state index in [0.29, 0.717) is 29.4 Å². The second-order valence-electron chi connectivity index (χ2n) is 12.8. The van der Waals surface area contributed by atoms with E-state index in [1.807, 2.05) is 19.1 Å². The molecule has 1 aromatic carbocycles. The van der Waals surface area contributed by atoms with Gasteiger partial charge in [-0.2, -0.15) is 0 Å². The van der Waals surface area contributed by atoms with Gasteiger partial charge in [0.25, 0.3) is 11.5 Å². The van der Waals surface area contributed by atoms with Crippen molar-refractivity contribution in [1.82, 2.24) is 29.7 Å². The molecule has 9 nitrogen and oxygen atoms in total. The van der Waals surface area contributed by atoms with E-state index >= 15 is 0 Å². The molecule has 1 saturated heterocycles. The molecule has 0 spiro atoms. The summed E-state index contributed by atoms with van der Waals surface area (Å²) in [6.45, 7) is 19.7. The van der Waals surface area contributed by atoms with E-state index in [-0.39, 0.29) is 24.1 Å². The van der Waals surface area contributed by atoms with Crippen LogP contribution in [0, 0.1) is 13.8 Å². The molecule has 2 aromatic heterocycles. The Hall–Kier alpha value is -3.98. The highest BCUT2D eigenvalue weighted by Gasteiger charge is 2.24. The van der Waals surface area contributed by atoms with Gasteiger partial charge >= 0.3 is 0 Å². The normalized spacial score (nSPS) is 16.0. The third-order valence-electron chi connectivity index (χ3n) is 9.15. The Morgan fingerprint density at radius 2 is 1.75 bits per heavy atom. The Morgan fingerprint density at radius 3 is 2.36 bits per heavy atom. The first-order chi connectivity index (χ1) is 21.0. The van der Waals surface area contributed by atoms with Gasteiger partial charge in [0, 0.05) is 85.3 Å². The molecule has 0 unspecified atom stereocenters. The summed E-state index contributed by atoms with van der Waals surface area (Å²) < 4.78 is 3.41. The van der Waals surface area contributed by atoms with Gasteiger partial charge in [0.05, 0.1) is 0 Å². The van der Waals surface area contributed by atoms with Crippen molar-refractivity contribution in [2.24, 2.45) is 0 Å². The summed E-state index contributed by atoms with van der Waals surface area (Å²) in [7, 11) is 0. The van der Waals surface area contributed by atoms with Gasteiger partial charge in [-0.1, -0.05) is 19.4 Å². The summed E-state index contributed by atoms with van der Waals surface area (Å²) in [5, 5.41) is 7.66. The van der Waals surface area contributed by atoms with E-state index in [4.69, 9.17) is 5.84 Å². The molecule has 236 valence electrons. The number of allylic oxidation sites excluding steroid dienone is 2. The minimum Gasteiger partial charge on any atom is -0.368 e. The van der Waals surface area contributed by atoms with Crippen LogP contribution in [0.1, 0.15) is 85.4 Å². The Morgan fingerprint density at radius 1 is 1.02 bits per heavy atom. The van der Waals surface area contributed by atoms with Crippen LogP contribution >= 0.6 is 0 Å². The van der Waals surface area contributed by atoms with Gasteiger partial charge in [0.15, 0.2) is 0 Å². The van der Waals surface area contributed by atoms with Gasteiger partial charge < -0.3 is 25.9 Å². The van der Waals surface area contributed by atoms with Crippen molar-refractivity contribution >= 4 is 22.4 Å². The number of carbonyl (C=O) groups is 1. The average molecular weight is 600 g/mol. The van der Waals surface area contributed by atoms with Crippen LogP contribution in [-0.4, -0.2) is 63.7 Å². The monoisotopic (exact) mass is 599 g/mol. The maximum absolute atomic E-state index is 13.9. The summed E-state index contributed by atoms with van der Waals surface area (Å²) in [5.41, 5.74) is 6.78. The highest BCUT2D eigenvalue weighted by molar-refractivity contribution is 6.09. The van der Waals surface area contributed by atoms with E-state index in [9.17, 15) is 9.59 Å². The molecule has 2 aliphatic rings. The number of pyridine rings is 1. The van der Waals surface area contributed by atoms with Crippen LogP contribution in [0.15, 0.2) is 47.2 Å². The van der Waals surface area contributed by atoms with Crippen LogP contribution in [0.2, 0.25) is 0 Å². The number of rotatable bonds is 9. The lowest BCUT2D eigenvalue weighted by atomic mass is 9.96. The van der Waals surface area contributed by atoms with Crippen molar-refractivity contribution < 1.29 is 4.79 Å². The fourth-order valence-electron chi connectivity index (χ4n) is 6.55. The number of hydrogen-bond acceptors (Lipinski definition) is 6. The third kappa shape index (κ3) is 6.15. The maximum atomic E-state index is 13.9. The molecule has 4 N–H and O–H groups in total. The number of fused-ring (bicyclic) bond motifs is 1. The number of aromatic nitrogens is 2. The van der Waals surface area contributed by atoms with Gasteiger partial charge in [-0.15, -0.1) is 0 Å². The molecular weight excluding hydrogens is 550 g/mol. The summed E-state index contributed by atoms with van der Waals surface area (Å²) in [6.07, 6.45) is 8.14. The second-order valence-corrected chi connectivity index (χ2v) is 12.8. The number of nitrogens with zero attached hydrogens (tertiary/aromatic N) is 4. The van der Waals surface area contributed by atoms with Crippen LogP contribution < -0.4 is 22.0 Å². The molecule has 4 heterocycles. The number of hydrogen-bond donors (Lipinski definition) is 3. The van der Waals surface area contributed by atoms with Gasteiger partial charge in [-0.3, -0.25) is 14.5 Å². The largest absolute Gasteiger partial charge is 0.368 e. The Balaban J connectivity index is 1.47. The van der Waals surface area contributed by atoms with Gasteiger partial charge in [-0.05, 0) is 94.5 Å². The number of dihydropyridines is 1. The topological polar surface area (TPSA) is 101 Å². The molecular formula is C35H49N7O2. The van der Waals surface area contributed by atoms with Crippen molar-refractivity contribution in [2.45, 2.75) is 79.9 Å². The van der Waals surface area contributed by atoms with E-state index in [1.54, 1.807) is 0 Å². The minimum absolute atomic E-state index is 0.126. The predicted molar refractivity (Wildman–Crippen MR) is 180 cm³/mol. The van der Waals surface area contributed by atoms with Crippen molar-refractivity contribution in [3.63, 3.8) is 0 Å². The van der Waals surface area contributed by atoms with Crippen LogP contribution in [0.25, 0.3) is 16.5 Å². The highest BCUT2D eigenvalue weighted by atomic mass is 16.2. The lowest BCUT2D eigenvalue weighted by Gasteiger charge is -2.39. The number of benzene rings is 1. The zero-order valence-electron chi connectivity index (χ0n) is 27.5. The number of nitrogen functional groups attached to an aromatic ring is 1. The molecule has 0 atom stereocenters. The van der Waals surface area contributed by atoms with Crippen LogP contribution in [0.5, 0.6) is 0 Å². The van der Waals surface area contributed by atoms with Gasteiger partial charge in [0.1, 0.15) is 5.82 Å². The molecule has 5 rings (SSSR count). The molecule has 9 heteroatoms. The summed E-state index contributed by atoms with van der Waals surface area (Å²) in [5.74, 6) is 6.99. The Bertz CT molecular complexity index is 1670. The smallest absolute Gasteiger partial charge is 0.274 e. The van der Waals surface area contributed by atoms with Crippen LogP contribution in [0.3, 0.4) is 0 Å². The fraction of sp³-hybridized carbons (Fsp3) is 0.486. The van der Waals surface area contributed by atoms with Crippen molar-refractivity contribution in [3.05, 3.63) is 86.2 Å². The molecule has 3 aromatic rings. The average Bonchev–Trinajstić information content (AvgIpc) is 3.36. The lowest BCUT2D eigenvalue weighted by Crippen LogP contribution is -2.50. The Kier molecular flexibility index (Phi) is 9.25. The molecule has 1 fully saturated rings. The highest BCUT2D eigenvalue weighted by Crippen LogP contribution is 2.32. The van der Waals surface area contributed by atoms with Crippen molar-refractivity contribution in [2.75, 3.05) is 38.6 Å². The zero-order chi connectivity index (χ0) is 31.7. The number of carbonyl (C=O) groups excluding carboxylic acids is 1. The molecule has 0 bridgehead atoms. The van der Waals surface area contributed by atoms with E-state index < -0.39 is 0 Å². The minimum atomic E-state index is -0.263. The maximum Gasteiger partial charge on any atom is 0.274 e. The first kappa shape index (κ1) is 31.4. The molecule has 0 saturated carbocycles. The van der Waals surface area contributed by atoms with Crippen molar-refractivity contribution in [3.8, 4) is 0 Å². The SMILES string of the molecule is CCCc1cc(C)n(N)c(=O)c1CNC(=O)c1cc(C2=CC=C(N3CCN(C(C)C)CC3)NC2)cc2c1c(C)cn2C(C)C. The lowest BCUT2D eigenvalue weighted by molar-refractivity contribution is 0.0952.